The molecule has 0 aromatic heterocycles. The lowest BCUT2D eigenvalue weighted by Crippen LogP contribution is -2.18. The average molecular weight is 1470 g/mol. The van der Waals surface area contributed by atoms with Crippen molar-refractivity contribution in [1.29, 1.82) is 0 Å². The molecule has 0 saturated carbocycles. The van der Waals surface area contributed by atoms with Crippen LogP contribution in [-0.4, -0.2) is 53.5 Å². The summed E-state index contributed by atoms with van der Waals surface area (Å²) in [5, 5.41) is 0. The Hall–Kier alpha value is -7.56. The molecule has 0 bridgehead atoms. The summed E-state index contributed by atoms with van der Waals surface area (Å²) in [6.45, 7) is 13.2. The highest BCUT2D eigenvalue weighted by molar-refractivity contribution is 7.99. The molecular weight excluding hydrogens is 1350 g/mol. The van der Waals surface area contributed by atoms with Crippen LogP contribution in [0.25, 0.3) is 33.4 Å². The van der Waals surface area contributed by atoms with Crippen molar-refractivity contribution in [2.75, 3.05) is 17.3 Å². The number of rotatable bonds is 45. The fraction of sp³-hybridized carbons (Fsp3) is 0.406. The van der Waals surface area contributed by atoms with E-state index in [1.54, 1.807) is 0 Å². The summed E-state index contributed by atoms with van der Waals surface area (Å²) in [6.07, 6.45) is 30.1. The lowest BCUT2D eigenvalue weighted by atomic mass is 10.0. The SMILES string of the molecule is CCCCCCCSc1ccc(-c2ccc(C(=O)OC(CCC)CCCc3ccccc3)cc2)cc1.CCCCCCSc1ccc(-c2ccc(C(=O)OC(CCC)CCCc3ccccc3)cc2)cc1.CCCCCSc1ccc(-c2ccc(C(=O)OC(CCC)CCCc3ccccc3)cc2)cc1. The highest BCUT2D eigenvalue weighted by Gasteiger charge is 2.19. The molecule has 0 heterocycles. The van der Waals surface area contributed by atoms with E-state index in [4.69, 9.17) is 14.2 Å². The van der Waals surface area contributed by atoms with Crippen molar-refractivity contribution < 1.29 is 28.6 Å². The molecule has 3 unspecified atom stereocenters. The summed E-state index contributed by atoms with van der Waals surface area (Å²) in [6, 6.07) is 81.2. The lowest BCUT2D eigenvalue weighted by molar-refractivity contribution is 0.0246. The number of hydrogen-bond acceptors (Lipinski definition) is 9. The summed E-state index contributed by atoms with van der Waals surface area (Å²) >= 11 is 5.80. The zero-order valence-electron chi connectivity index (χ0n) is 64.1. The Morgan fingerprint density at radius 3 is 0.733 bits per heavy atom. The van der Waals surface area contributed by atoms with Crippen molar-refractivity contribution in [2.45, 2.75) is 248 Å². The Morgan fingerprint density at radius 1 is 0.248 bits per heavy atom. The third-order valence-electron chi connectivity index (χ3n) is 18.9. The first kappa shape index (κ1) is 84.7. The summed E-state index contributed by atoms with van der Waals surface area (Å²) in [4.78, 5) is 42.3. The molecule has 0 saturated heterocycles. The molecule has 9 aromatic rings. The predicted octanol–water partition coefficient (Wildman–Crippen LogP) is 28.1. The second-order valence-corrected chi connectivity index (χ2v) is 31.1. The van der Waals surface area contributed by atoms with E-state index in [-0.39, 0.29) is 36.2 Å². The Bertz CT molecular complexity index is 3730. The number of aryl methyl sites for hydroxylation is 3. The van der Waals surface area contributed by atoms with Crippen LogP contribution in [0.15, 0.2) is 251 Å². The normalized spacial score (nSPS) is 11.8. The fourth-order valence-electron chi connectivity index (χ4n) is 12.7. The van der Waals surface area contributed by atoms with Crippen molar-refractivity contribution in [1.82, 2.24) is 0 Å². The molecule has 0 amide bonds. The number of carbonyl (C=O) groups excluding carboxylic acids is 3. The molecule has 0 N–H and O–H groups in total. The van der Waals surface area contributed by atoms with E-state index < -0.39 is 0 Å². The van der Waals surface area contributed by atoms with Crippen LogP contribution in [-0.2, 0) is 33.5 Å². The molecule has 0 fully saturated rings. The van der Waals surface area contributed by atoms with Crippen LogP contribution >= 0.6 is 35.3 Å². The number of ether oxygens (including phenoxy) is 3. The van der Waals surface area contributed by atoms with Gasteiger partial charge in [-0.25, -0.2) is 14.4 Å². The van der Waals surface area contributed by atoms with Gasteiger partial charge in [0.1, 0.15) is 18.3 Å². The van der Waals surface area contributed by atoms with Crippen molar-refractivity contribution in [3.63, 3.8) is 0 Å². The van der Waals surface area contributed by atoms with Gasteiger partial charge in [0.15, 0.2) is 0 Å². The Kier molecular flexibility index (Phi) is 41.6. The molecule has 9 rings (SSSR count). The molecule has 0 radical (unpaired) electrons. The maximum Gasteiger partial charge on any atom is 0.338 e. The van der Waals surface area contributed by atoms with Crippen molar-refractivity contribution in [2.24, 2.45) is 0 Å². The van der Waals surface area contributed by atoms with E-state index in [2.05, 4.69) is 187 Å². The highest BCUT2D eigenvalue weighted by atomic mass is 32.2. The molecular formula is C96H120O6S3. The minimum atomic E-state index is -0.219. The van der Waals surface area contributed by atoms with Gasteiger partial charge in [-0.3, -0.25) is 0 Å². The van der Waals surface area contributed by atoms with E-state index in [9.17, 15) is 14.4 Å². The first-order valence-corrected chi connectivity index (χ1v) is 42.8. The second kappa shape index (κ2) is 51.6. The highest BCUT2D eigenvalue weighted by Crippen LogP contribution is 2.31. The lowest BCUT2D eigenvalue weighted by Gasteiger charge is -2.17. The molecule has 558 valence electrons. The number of carbonyl (C=O) groups is 3. The molecule has 0 spiro atoms. The van der Waals surface area contributed by atoms with Crippen molar-refractivity contribution in [3.8, 4) is 33.4 Å². The molecule has 0 aliphatic heterocycles. The van der Waals surface area contributed by atoms with Gasteiger partial charge in [-0.15, -0.1) is 35.3 Å². The van der Waals surface area contributed by atoms with E-state index in [0.717, 1.165) is 113 Å². The van der Waals surface area contributed by atoms with E-state index in [1.807, 2.05) is 126 Å². The molecule has 9 aromatic carbocycles. The number of thioether (sulfide) groups is 3. The zero-order valence-corrected chi connectivity index (χ0v) is 66.6. The molecule has 6 nitrogen and oxygen atoms in total. The zero-order chi connectivity index (χ0) is 74.2. The maximum atomic E-state index is 12.8. The number of esters is 3. The third kappa shape index (κ3) is 33.4. The average Bonchev–Trinajstić information content (AvgIpc) is 0.859. The Morgan fingerprint density at radius 2 is 0.476 bits per heavy atom. The van der Waals surface area contributed by atoms with Gasteiger partial charge in [-0.1, -0.05) is 282 Å². The second-order valence-electron chi connectivity index (χ2n) is 27.6. The monoisotopic (exact) mass is 1460 g/mol. The number of benzene rings is 9. The first-order valence-electron chi connectivity index (χ1n) is 39.8. The Labute approximate surface area is 645 Å². The standard InChI is InChI=1S/C33H42O2S.C32H40O2S.C31H38O2S/c1-3-5-6-7-11-26-36-32-24-22-29(23-25-32)28-18-20-30(21-19-28)33(34)35-31(13-4-2)17-12-16-27-14-9-8-10-15-27;1-3-5-6-10-25-35-31-23-21-28(22-24-31)27-17-19-29(20-18-27)32(33)34-30(12-4-2)16-11-15-26-13-8-7-9-14-26;1-3-5-9-24-34-30-22-20-27(21-23-30)26-16-18-28(19-17-26)31(32)33-29(11-4-2)15-10-14-25-12-7-6-8-13-25/h8-10,14-15,18-25,31H,3-7,11-13,16-17,26H2,1-2H3;7-9,13-14,17-24,30H,3-6,10-12,15-16,25H2,1-2H3;6-8,12-13,16-23,29H,3-5,9-11,14-15,24H2,1-2H3. The Balaban J connectivity index is 0.000000220. The molecule has 3 atom stereocenters. The van der Waals surface area contributed by atoms with Crippen molar-refractivity contribution in [3.05, 3.63) is 270 Å². The topological polar surface area (TPSA) is 78.9 Å². The largest absolute Gasteiger partial charge is 0.459 e. The predicted molar refractivity (Wildman–Crippen MR) is 451 cm³/mol. The summed E-state index contributed by atoms with van der Waals surface area (Å²) in [5.41, 5.74) is 12.7. The summed E-state index contributed by atoms with van der Waals surface area (Å²) in [7, 11) is 0. The van der Waals surface area contributed by atoms with E-state index >= 15 is 0 Å². The van der Waals surface area contributed by atoms with Crippen molar-refractivity contribution >= 4 is 53.2 Å². The molecule has 9 heteroatoms. The van der Waals surface area contributed by atoms with Crippen LogP contribution in [0.1, 0.15) is 243 Å². The van der Waals surface area contributed by atoms with Gasteiger partial charge in [-0.05, 0) is 236 Å². The van der Waals surface area contributed by atoms with E-state index in [1.165, 1.54) is 142 Å². The number of unbranched alkanes of at least 4 members (excludes halogenated alkanes) is 9. The minimum absolute atomic E-state index is 0.0248. The van der Waals surface area contributed by atoms with Crippen LogP contribution < -0.4 is 0 Å². The van der Waals surface area contributed by atoms with Gasteiger partial charge in [0, 0.05) is 14.7 Å². The summed E-state index contributed by atoms with van der Waals surface area (Å²) in [5.74, 6) is 2.89. The fourth-order valence-corrected chi connectivity index (χ4v) is 15.5. The van der Waals surface area contributed by atoms with Crippen LogP contribution in [0.2, 0.25) is 0 Å². The molecule has 0 aliphatic rings. The van der Waals surface area contributed by atoms with Gasteiger partial charge in [-0.2, -0.15) is 0 Å². The van der Waals surface area contributed by atoms with Gasteiger partial charge < -0.3 is 14.2 Å². The van der Waals surface area contributed by atoms with E-state index in [0.29, 0.717) is 16.7 Å². The van der Waals surface area contributed by atoms with Crippen LogP contribution in [0.3, 0.4) is 0 Å². The minimum Gasteiger partial charge on any atom is -0.459 e. The first-order chi connectivity index (χ1) is 51.6. The van der Waals surface area contributed by atoms with Gasteiger partial charge in [0.25, 0.3) is 0 Å². The van der Waals surface area contributed by atoms with Gasteiger partial charge >= 0.3 is 17.9 Å². The van der Waals surface area contributed by atoms with Gasteiger partial charge in [0.05, 0.1) is 16.7 Å². The van der Waals surface area contributed by atoms with Crippen LogP contribution in [0.4, 0.5) is 0 Å². The smallest absolute Gasteiger partial charge is 0.338 e. The quantitative estimate of drug-likeness (QED) is 0.0160. The van der Waals surface area contributed by atoms with Crippen LogP contribution in [0.5, 0.6) is 0 Å². The van der Waals surface area contributed by atoms with Gasteiger partial charge in [0.2, 0.25) is 0 Å². The summed E-state index contributed by atoms with van der Waals surface area (Å²) < 4.78 is 17.7. The molecule has 0 aliphatic carbocycles. The maximum absolute atomic E-state index is 12.8. The van der Waals surface area contributed by atoms with Crippen LogP contribution in [0, 0.1) is 0 Å². The molecule has 105 heavy (non-hydrogen) atoms. The number of hydrogen-bond donors (Lipinski definition) is 0. The third-order valence-corrected chi connectivity index (χ3v) is 22.2.